The number of imidazole rings is 1. The maximum atomic E-state index is 5.92. The van der Waals surface area contributed by atoms with Crippen molar-refractivity contribution in [2.24, 2.45) is 0 Å². The second kappa shape index (κ2) is 8.82. The van der Waals surface area contributed by atoms with E-state index in [4.69, 9.17) is 26.2 Å². The van der Waals surface area contributed by atoms with E-state index in [1.54, 1.807) is 12.1 Å². The molecule has 7 nitrogen and oxygen atoms in total. The fourth-order valence-electron chi connectivity index (χ4n) is 3.46. The van der Waals surface area contributed by atoms with Crippen LogP contribution in [0.3, 0.4) is 0 Å². The zero-order chi connectivity index (χ0) is 20.9. The molecule has 4 rings (SSSR count). The second-order valence-corrected chi connectivity index (χ2v) is 7.19. The molecule has 30 heavy (non-hydrogen) atoms. The summed E-state index contributed by atoms with van der Waals surface area (Å²) in [4.78, 5) is 13.8. The molecule has 3 heterocycles. The summed E-state index contributed by atoms with van der Waals surface area (Å²) in [7, 11) is 0. The monoisotopic (exact) mass is 402 g/mol. The first kappa shape index (κ1) is 19.7. The number of nitrogens with zero attached hydrogens (tertiary/aromatic N) is 4. The minimum atomic E-state index is 0.375. The molecule has 0 spiro atoms. The summed E-state index contributed by atoms with van der Waals surface area (Å²) in [5.74, 6) is 2.64. The predicted octanol–water partition coefficient (Wildman–Crippen LogP) is 4.08. The third kappa shape index (κ3) is 4.35. The highest BCUT2D eigenvalue weighted by atomic mass is 16.5. The third-order valence-corrected chi connectivity index (χ3v) is 4.91. The molecule has 0 atom stereocenters. The van der Waals surface area contributed by atoms with Gasteiger partial charge in [-0.25, -0.2) is 15.0 Å². The molecule has 0 aliphatic heterocycles. The van der Waals surface area contributed by atoms with Gasteiger partial charge >= 0.3 is 0 Å². The summed E-state index contributed by atoms with van der Waals surface area (Å²) in [5, 5.41) is 0. The summed E-state index contributed by atoms with van der Waals surface area (Å²) in [6, 6.07) is 17.3. The summed E-state index contributed by atoms with van der Waals surface area (Å²) in [6.07, 6.45) is 3.09. The number of unbranched alkanes of at least 4 members (excludes halogenated alkanes) is 1. The number of fused-ring (bicyclic) bond motifs is 1. The lowest BCUT2D eigenvalue weighted by Crippen LogP contribution is -2.12. The summed E-state index contributed by atoms with van der Waals surface area (Å²) < 4.78 is 8.07. The second-order valence-electron chi connectivity index (χ2n) is 7.19. The number of hydrogen-bond acceptors (Lipinski definition) is 6. The minimum absolute atomic E-state index is 0.375. The van der Waals surface area contributed by atoms with Gasteiger partial charge in [-0.05, 0) is 42.8 Å². The zero-order valence-electron chi connectivity index (χ0n) is 17.1. The Morgan fingerprint density at radius 1 is 0.933 bits per heavy atom. The van der Waals surface area contributed by atoms with Gasteiger partial charge in [0.1, 0.15) is 35.3 Å². The number of nitrogen functional groups attached to an aromatic ring is 2. The normalized spacial score (nSPS) is 11.1. The Bertz CT molecular complexity index is 1120. The quantitative estimate of drug-likeness (QED) is 0.460. The molecule has 0 aliphatic carbocycles. The highest BCUT2D eigenvalue weighted by molar-refractivity contribution is 5.77. The van der Waals surface area contributed by atoms with Gasteiger partial charge in [-0.3, -0.25) is 0 Å². The number of anilines is 2. The van der Waals surface area contributed by atoms with Crippen LogP contribution >= 0.6 is 0 Å². The SMILES string of the molecule is CCCCc1nc2ccc(-c3cc(N)nc(N)c3)nc2n1CCOc1ccccc1. The molecule has 3 aromatic heterocycles. The van der Waals surface area contributed by atoms with E-state index in [0.717, 1.165) is 53.3 Å². The average Bonchev–Trinajstić information content (AvgIpc) is 3.09. The Morgan fingerprint density at radius 2 is 1.70 bits per heavy atom. The number of benzene rings is 1. The van der Waals surface area contributed by atoms with Crippen LogP contribution in [0.2, 0.25) is 0 Å². The Labute approximate surface area is 175 Å². The van der Waals surface area contributed by atoms with Crippen LogP contribution in [0, 0.1) is 0 Å². The molecule has 0 amide bonds. The van der Waals surface area contributed by atoms with E-state index in [1.165, 1.54) is 0 Å². The van der Waals surface area contributed by atoms with Gasteiger partial charge < -0.3 is 20.8 Å². The average molecular weight is 403 g/mol. The molecule has 0 bridgehead atoms. The molecule has 0 fully saturated rings. The van der Waals surface area contributed by atoms with Crippen molar-refractivity contribution in [3.8, 4) is 17.0 Å². The van der Waals surface area contributed by atoms with Crippen LogP contribution in [-0.2, 0) is 13.0 Å². The largest absolute Gasteiger partial charge is 0.492 e. The van der Waals surface area contributed by atoms with Crippen LogP contribution in [0.1, 0.15) is 25.6 Å². The van der Waals surface area contributed by atoms with Gasteiger partial charge in [0.05, 0.1) is 12.2 Å². The van der Waals surface area contributed by atoms with E-state index in [-0.39, 0.29) is 0 Å². The van der Waals surface area contributed by atoms with Crippen LogP contribution in [0.4, 0.5) is 11.6 Å². The van der Waals surface area contributed by atoms with Gasteiger partial charge in [0, 0.05) is 12.0 Å². The maximum Gasteiger partial charge on any atom is 0.160 e. The van der Waals surface area contributed by atoms with Gasteiger partial charge in [-0.1, -0.05) is 31.5 Å². The molecule has 0 saturated carbocycles. The Hall–Kier alpha value is -3.61. The number of hydrogen-bond donors (Lipinski definition) is 2. The van der Waals surface area contributed by atoms with Crippen molar-refractivity contribution in [2.45, 2.75) is 32.7 Å². The lowest BCUT2D eigenvalue weighted by atomic mass is 10.1. The van der Waals surface area contributed by atoms with Crippen LogP contribution in [-0.4, -0.2) is 26.1 Å². The van der Waals surface area contributed by atoms with E-state index in [0.29, 0.717) is 24.8 Å². The summed E-state index contributed by atoms with van der Waals surface area (Å²) >= 11 is 0. The topological polar surface area (TPSA) is 105 Å². The molecular weight excluding hydrogens is 376 g/mol. The number of aromatic nitrogens is 4. The van der Waals surface area contributed by atoms with E-state index >= 15 is 0 Å². The first-order chi connectivity index (χ1) is 14.6. The predicted molar refractivity (Wildman–Crippen MR) is 120 cm³/mol. The first-order valence-electron chi connectivity index (χ1n) is 10.2. The molecule has 0 unspecified atom stereocenters. The van der Waals surface area contributed by atoms with Crippen molar-refractivity contribution < 1.29 is 4.74 Å². The molecule has 7 heteroatoms. The zero-order valence-corrected chi connectivity index (χ0v) is 17.1. The number of para-hydroxylation sites is 1. The van der Waals surface area contributed by atoms with Crippen LogP contribution in [0.15, 0.2) is 54.6 Å². The molecule has 4 N–H and O–H groups in total. The standard InChI is InChI=1S/C23H26N6O/c1-2-3-9-22-26-19-11-10-18(16-14-20(24)28-21(25)15-16)27-23(19)29(22)12-13-30-17-7-5-4-6-8-17/h4-8,10-11,14-15H,2-3,9,12-13H2,1H3,(H4,24,25,28). The number of pyridine rings is 2. The van der Waals surface area contributed by atoms with Crippen molar-refractivity contribution in [1.82, 2.24) is 19.5 Å². The van der Waals surface area contributed by atoms with Crippen molar-refractivity contribution in [3.63, 3.8) is 0 Å². The van der Waals surface area contributed by atoms with Gasteiger partial charge in [0.25, 0.3) is 0 Å². The molecule has 1 aromatic carbocycles. The van der Waals surface area contributed by atoms with Gasteiger partial charge in [0.2, 0.25) is 0 Å². The summed E-state index contributed by atoms with van der Waals surface area (Å²) in [5.41, 5.74) is 15.1. The minimum Gasteiger partial charge on any atom is -0.492 e. The van der Waals surface area contributed by atoms with Crippen molar-refractivity contribution >= 4 is 22.8 Å². The Balaban J connectivity index is 1.67. The van der Waals surface area contributed by atoms with Crippen LogP contribution in [0.25, 0.3) is 22.4 Å². The number of ether oxygens (including phenoxy) is 1. The fourth-order valence-corrected chi connectivity index (χ4v) is 3.46. The third-order valence-electron chi connectivity index (χ3n) is 4.91. The van der Waals surface area contributed by atoms with E-state index in [9.17, 15) is 0 Å². The van der Waals surface area contributed by atoms with Gasteiger partial charge in [0.15, 0.2) is 5.65 Å². The van der Waals surface area contributed by atoms with Crippen molar-refractivity contribution in [1.29, 1.82) is 0 Å². The van der Waals surface area contributed by atoms with E-state index in [2.05, 4.69) is 16.5 Å². The molecule has 154 valence electrons. The van der Waals surface area contributed by atoms with Crippen molar-refractivity contribution in [3.05, 3.63) is 60.4 Å². The number of rotatable bonds is 8. The van der Waals surface area contributed by atoms with Gasteiger partial charge in [-0.15, -0.1) is 0 Å². The fraction of sp³-hybridized carbons (Fsp3) is 0.261. The molecule has 0 saturated heterocycles. The smallest absolute Gasteiger partial charge is 0.160 e. The highest BCUT2D eigenvalue weighted by Gasteiger charge is 2.14. The number of nitrogens with two attached hydrogens (primary N) is 2. The molecular formula is C23H26N6O. The van der Waals surface area contributed by atoms with Crippen molar-refractivity contribution in [2.75, 3.05) is 18.1 Å². The Kier molecular flexibility index (Phi) is 5.79. The maximum absolute atomic E-state index is 5.92. The molecule has 0 aliphatic rings. The van der Waals surface area contributed by atoms with Crippen LogP contribution in [0.5, 0.6) is 5.75 Å². The van der Waals surface area contributed by atoms with Crippen LogP contribution < -0.4 is 16.2 Å². The lowest BCUT2D eigenvalue weighted by molar-refractivity contribution is 0.298. The molecule has 4 aromatic rings. The van der Waals surface area contributed by atoms with E-state index in [1.807, 2.05) is 42.5 Å². The molecule has 0 radical (unpaired) electrons. The number of aryl methyl sites for hydroxylation is 1. The first-order valence-corrected chi connectivity index (χ1v) is 10.2. The highest BCUT2D eigenvalue weighted by Crippen LogP contribution is 2.25. The van der Waals surface area contributed by atoms with E-state index < -0.39 is 0 Å². The lowest BCUT2D eigenvalue weighted by Gasteiger charge is -2.11. The Morgan fingerprint density at radius 3 is 2.43 bits per heavy atom. The van der Waals surface area contributed by atoms with Gasteiger partial charge in [-0.2, -0.15) is 0 Å². The summed E-state index contributed by atoms with van der Waals surface area (Å²) in [6.45, 7) is 3.39.